The van der Waals surface area contributed by atoms with Crippen molar-refractivity contribution < 1.29 is 27.5 Å². The predicted molar refractivity (Wildman–Crippen MR) is 106 cm³/mol. The average Bonchev–Trinajstić information content (AvgIpc) is 3.33. The quantitative estimate of drug-likeness (QED) is 0.700. The summed E-state index contributed by atoms with van der Waals surface area (Å²) in [6.45, 7) is 1.03. The first-order valence-electron chi connectivity index (χ1n) is 9.54. The zero-order valence-corrected chi connectivity index (χ0v) is 16.9. The third-order valence-electron chi connectivity index (χ3n) is 4.92. The molecule has 2 aromatic rings. The van der Waals surface area contributed by atoms with Gasteiger partial charge in [-0.2, -0.15) is 4.31 Å². The number of hydrogen-bond donors (Lipinski definition) is 2. The van der Waals surface area contributed by atoms with Gasteiger partial charge in [-0.3, -0.25) is 20.4 Å². The summed E-state index contributed by atoms with van der Waals surface area (Å²) in [6.07, 6.45) is 0.787. The minimum atomic E-state index is -3.54. The summed E-state index contributed by atoms with van der Waals surface area (Å²) in [4.78, 5) is 24.7. The number of hydrazine groups is 1. The van der Waals surface area contributed by atoms with E-state index in [-0.39, 0.29) is 17.1 Å². The second-order valence-electron chi connectivity index (χ2n) is 6.94. The molecule has 2 aliphatic heterocycles. The van der Waals surface area contributed by atoms with Crippen LogP contribution in [0.2, 0.25) is 0 Å². The highest BCUT2D eigenvalue weighted by Gasteiger charge is 2.28. The molecule has 9 nitrogen and oxygen atoms in total. The van der Waals surface area contributed by atoms with Crippen molar-refractivity contribution in [3.8, 4) is 11.5 Å². The van der Waals surface area contributed by atoms with E-state index in [2.05, 4.69) is 10.9 Å². The number of rotatable bonds is 4. The van der Waals surface area contributed by atoms with Crippen LogP contribution in [0, 0.1) is 0 Å². The standard InChI is InChI=1S/C20H21N3O6S/c24-19(14-7-9-15(10-8-14)30(26,27)23-11-3-4-12-23)21-22-20(25)18-13-28-16-5-1-2-6-17(16)29-18/h1-2,5-10,18H,3-4,11-13H2,(H,21,24)(H,22,25)/t18-/m0/s1. The molecule has 0 aromatic heterocycles. The van der Waals surface area contributed by atoms with Crippen molar-refractivity contribution in [3.05, 3.63) is 54.1 Å². The number of nitrogens with one attached hydrogen (secondary N) is 2. The van der Waals surface area contributed by atoms with E-state index in [9.17, 15) is 18.0 Å². The first kappa shape index (κ1) is 20.2. The second kappa shape index (κ2) is 8.33. The highest BCUT2D eigenvalue weighted by Crippen LogP contribution is 2.30. The summed E-state index contributed by atoms with van der Waals surface area (Å²) in [7, 11) is -3.54. The van der Waals surface area contributed by atoms with E-state index < -0.39 is 27.9 Å². The Morgan fingerprint density at radius 1 is 0.933 bits per heavy atom. The third kappa shape index (κ3) is 4.10. The number of carbonyl (C=O) groups is 2. The number of nitrogens with zero attached hydrogens (tertiary/aromatic N) is 1. The molecule has 2 aromatic carbocycles. The highest BCUT2D eigenvalue weighted by molar-refractivity contribution is 7.89. The Kier molecular flexibility index (Phi) is 5.60. The van der Waals surface area contributed by atoms with Gasteiger partial charge in [0.15, 0.2) is 11.5 Å². The largest absolute Gasteiger partial charge is 0.485 e. The maximum Gasteiger partial charge on any atom is 0.283 e. The van der Waals surface area contributed by atoms with Crippen LogP contribution in [0.15, 0.2) is 53.4 Å². The molecule has 0 bridgehead atoms. The van der Waals surface area contributed by atoms with Gasteiger partial charge in [0.25, 0.3) is 11.8 Å². The SMILES string of the molecule is O=C(NNC(=O)[C@@H]1COc2ccccc2O1)c1ccc(S(=O)(=O)N2CCCC2)cc1. The van der Waals surface area contributed by atoms with Gasteiger partial charge in [0.1, 0.15) is 6.61 Å². The van der Waals surface area contributed by atoms with Crippen LogP contribution in [-0.2, 0) is 14.8 Å². The number of ether oxygens (including phenoxy) is 2. The maximum atomic E-state index is 12.5. The van der Waals surface area contributed by atoms with Gasteiger partial charge in [-0.25, -0.2) is 8.42 Å². The number of benzene rings is 2. The van der Waals surface area contributed by atoms with Crippen molar-refractivity contribution in [1.82, 2.24) is 15.2 Å². The van der Waals surface area contributed by atoms with E-state index in [0.717, 1.165) is 12.8 Å². The lowest BCUT2D eigenvalue weighted by Gasteiger charge is -2.25. The van der Waals surface area contributed by atoms with E-state index in [1.54, 1.807) is 24.3 Å². The van der Waals surface area contributed by atoms with Gasteiger partial charge in [-0.15, -0.1) is 0 Å². The van der Waals surface area contributed by atoms with Gasteiger partial charge < -0.3 is 9.47 Å². The average molecular weight is 431 g/mol. The van der Waals surface area contributed by atoms with Crippen molar-refractivity contribution in [2.75, 3.05) is 19.7 Å². The monoisotopic (exact) mass is 431 g/mol. The molecule has 2 aliphatic rings. The number of sulfonamides is 1. The maximum absolute atomic E-state index is 12.5. The first-order valence-corrected chi connectivity index (χ1v) is 11.0. The van der Waals surface area contributed by atoms with E-state index in [1.807, 2.05) is 0 Å². The lowest BCUT2D eigenvalue weighted by atomic mass is 10.2. The molecule has 4 rings (SSSR count). The lowest BCUT2D eigenvalue weighted by Crippen LogP contribution is -2.50. The molecule has 0 unspecified atom stereocenters. The molecule has 158 valence electrons. The second-order valence-corrected chi connectivity index (χ2v) is 8.88. The van der Waals surface area contributed by atoms with Crippen LogP contribution in [-0.4, -0.2) is 50.3 Å². The van der Waals surface area contributed by atoms with Gasteiger partial charge >= 0.3 is 0 Å². The molecule has 2 heterocycles. The summed E-state index contributed by atoms with van der Waals surface area (Å²) in [5.74, 6) is -0.142. The summed E-state index contributed by atoms with van der Waals surface area (Å²) >= 11 is 0. The zero-order valence-electron chi connectivity index (χ0n) is 16.0. The Morgan fingerprint density at radius 2 is 1.60 bits per heavy atom. The molecule has 2 amide bonds. The number of para-hydroxylation sites is 2. The Balaban J connectivity index is 1.33. The Hall–Kier alpha value is -3.11. The lowest BCUT2D eigenvalue weighted by molar-refractivity contribution is -0.131. The molecule has 0 radical (unpaired) electrons. The Labute approximate surface area is 174 Å². The molecule has 1 fully saturated rings. The molecule has 0 spiro atoms. The number of amides is 2. The van der Waals surface area contributed by atoms with Crippen LogP contribution in [0.5, 0.6) is 11.5 Å². The van der Waals surface area contributed by atoms with Crippen molar-refractivity contribution in [2.45, 2.75) is 23.8 Å². The fourth-order valence-electron chi connectivity index (χ4n) is 3.28. The van der Waals surface area contributed by atoms with Crippen LogP contribution in [0.4, 0.5) is 0 Å². The van der Waals surface area contributed by atoms with E-state index >= 15 is 0 Å². The van der Waals surface area contributed by atoms with Crippen LogP contribution >= 0.6 is 0 Å². The first-order chi connectivity index (χ1) is 14.4. The summed E-state index contributed by atoms with van der Waals surface area (Å²) in [5, 5.41) is 0. The van der Waals surface area contributed by atoms with E-state index in [4.69, 9.17) is 9.47 Å². The molecule has 1 atom stereocenters. The van der Waals surface area contributed by atoms with Crippen LogP contribution in [0.3, 0.4) is 0 Å². The van der Waals surface area contributed by atoms with Crippen LogP contribution in [0.1, 0.15) is 23.2 Å². The Morgan fingerprint density at radius 3 is 2.30 bits per heavy atom. The molecule has 0 saturated carbocycles. The van der Waals surface area contributed by atoms with Gasteiger partial charge in [0, 0.05) is 18.7 Å². The normalized spacial score (nSPS) is 18.6. The van der Waals surface area contributed by atoms with Crippen molar-refractivity contribution in [1.29, 1.82) is 0 Å². The molecule has 2 N–H and O–H groups in total. The summed E-state index contributed by atoms with van der Waals surface area (Å²) < 4.78 is 37.6. The van der Waals surface area contributed by atoms with Crippen LogP contribution in [0.25, 0.3) is 0 Å². The number of hydrogen-bond acceptors (Lipinski definition) is 6. The molecular weight excluding hydrogens is 410 g/mol. The minimum absolute atomic E-state index is 0.0156. The molecule has 30 heavy (non-hydrogen) atoms. The zero-order chi connectivity index (χ0) is 21.1. The minimum Gasteiger partial charge on any atom is -0.485 e. The smallest absolute Gasteiger partial charge is 0.283 e. The van der Waals surface area contributed by atoms with Gasteiger partial charge in [0.2, 0.25) is 16.1 Å². The Bertz CT molecular complexity index is 1050. The van der Waals surface area contributed by atoms with Gasteiger partial charge in [0.05, 0.1) is 4.90 Å². The number of carbonyl (C=O) groups excluding carboxylic acids is 2. The van der Waals surface area contributed by atoms with Crippen molar-refractivity contribution in [3.63, 3.8) is 0 Å². The predicted octanol–water partition coefficient (Wildman–Crippen LogP) is 1.07. The fraction of sp³-hybridized carbons (Fsp3) is 0.300. The van der Waals surface area contributed by atoms with E-state index in [0.29, 0.717) is 24.6 Å². The van der Waals surface area contributed by atoms with Crippen molar-refractivity contribution in [2.24, 2.45) is 0 Å². The topological polar surface area (TPSA) is 114 Å². The fourth-order valence-corrected chi connectivity index (χ4v) is 4.79. The van der Waals surface area contributed by atoms with Crippen molar-refractivity contribution >= 4 is 21.8 Å². The summed E-state index contributed by atoms with van der Waals surface area (Å²) in [6, 6.07) is 12.6. The number of fused-ring (bicyclic) bond motifs is 1. The van der Waals surface area contributed by atoms with Gasteiger partial charge in [-0.05, 0) is 49.2 Å². The molecule has 1 saturated heterocycles. The molecule has 10 heteroatoms. The summed E-state index contributed by atoms with van der Waals surface area (Å²) in [5.41, 5.74) is 4.81. The highest BCUT2D eigenvalue weighted by atomic mass is 32.2. The van der Waals surface area contributed by atoms with Gasteiger partial charge in [-0.1, -0.05) is 12.1 Å². The molecular formula is C20H21N3O6S. The molecule has 0 aliphatic carbocycles. The van der Waals surface area contributed by atoms with E-state index in [1.165, 1.54) is 28.6 Å². The third-order valence-corrected chi connectivity index (χ3v) is 6.83. The van der Waals surface area contributed by atoms with Crippen LogP contribution < -0.4 is 20.3 Å².